The molecule has 1 fully saturated rings. The summed E-state index contributed by atoms with van der Waals surface area (Å²) in [5, 5.41) is 12.6. The van der Waals surface area contributed by atoms with Crippen molar-refractivity contribution >= 4 is 36.7 Å². The van der Waals surface area contributed by atoms with Crippen molar-refractivity contribution in [3.8, 4) is 18.1 Å². The monoisotopic (exact) mass is 666 g/mol. The van der Waals surface area contributed by atoms with Crippen molar-refractivity contribution in [2.24, 2.45) is 5.92 Å². The maximum atomic E-state index is 14.4. The highest BCUT2D eigenvalue weighted by atomic mass is 31.2. The quantitative estimate of drug-likeness (QED) is 0.0807. The minimum Gasteiger partial charge on any atom is -0.480 e. The number of nitrogens with two attached hydrogens (primary N) is 1. The van der Waals surface area contributed by atoms with E-state index in [1.165, 1.54) is 23.0 Å². The number of fused-ring (bicyclic) bond motifs is 1. The summed E-state index contributed by atoms with van der Waals surface area (Å²) < 4.78 is 53.5. The number of aromatic nitrogens is 4. The lowest BCUT2D eigenvalue weighted by Crippen LogP contribution is -2.46. The fraction of sp³-hybridized carbons (Fsp3) is 0.323. The molecule has 4 aromatic rings. The van der Waals surface area contributed by atoms with E-state index in [0.717, 1.165) is 0 Å². The van der Waals surface area contributed by atoms with E-state index in [4.69, 9.17) is 30.7 Å². The molecule has 0 aliphatic carbocycles. The first-order valence-electron chi connectivity index (χ1n) is 14.5. The first kappa shape index (κ1) is 33.5. The van der Waals surface area contributed by atoms with Crippen LogP contribution in [0, 0.1) is 24.3 Å². The predicted molar refractivity (Wildman–Crippen MR) is 166 cm³/mol. The minimum absolute atomic E-state index is 0.00682. The Kier molecular flexibility index (Phi) is 9.88. The molecule has 0 bridgehead atoms. The molecule has 246 valence electrons. The number of anilines is 1. The summed E-state index contributed by atoms with van der Waals surface area (Å²) in [5.74, 6) is -0.0921. The third kappa shape index (κ3) is 7.58. The van der Waals surface area contributed by atoms with E-state index in [1.807, 2.05) is 0 Å². The summed E-state index contributed by atoms with van der Waals surface area (Å²) in [4.78, 5) is 36.5. The number of nitrogen functional groups attached to an aromatic ring is 1. The highest BCUT2D eigenvalue weighted by molar-refractivity contribution is 7.52. The molecule has 5 atom stereocenters. The molecule has 1 saturated heterocycles. The Hall–Kier alpha value is -4.87. The number of rotatable bonds is 13. The van der Waals surface area contributed by atoms with E-state index < -0.39 is 62.3 Å². The number of terminal acetylenes is 1. The van der Waals surface area contributed by atoms with E-state index in [9.17, 15) is 23.7 Å². The number of carboxylic acid groups (broad SMARTS) is 1. The van der Waals surface area contributed by atoms with Gasteiger partial charge in [0.1, 0.15) is 30.7 Å². The smallest absolute Gasteiger partial charge is 0.459 e. The number of esters is 1. The van der Waals surface area contributed by atoms with Gasteiger partial charge in [0.2, 0.25) is 0 Å². The van der Waals surface area contributed by atoms with Gasteiger partial charge < -0.3 is 24.8 Å². The molecule has 0 spiro atoms. The van der Waals surface area contributed by atoms with Gasteiger partial charge in [-0.05, 0) is 24.1 Å². The van der Waals surface area contributed by atoms with Crippen LogP contribution in [0.4, 0.5) is 10.2 Å². The van der Waals surface area contributed by atoms with Crippen LogP contribution >= 0.6 is 7.75 Å². The number of halogens is 1. The summed E-state index contributed by atoms with van der Waals surface area (Å²) in [7, 11) is -4.56. The number of nitrogens with zero attached hydrogens (tertiary/aromatic N) is 4. The lowest BCUT2D eigenvalue weighted by atomic mass is 9.98. The van der Waals surface area contributed by atoms with Crippen molar-refractivity contribution in [1.82, 2.24) is 24.6 Å². The van der Waals surface area contributed by atoms with Gasteiger partial charge in [-0.2, -0.15) is 19.4 Å². The second-order valence-electron chi connectivity index (χ2n) is 11.0. The van der Waals surface area contributed by atoms with Gasteiger partial charge in [-0.25, -0.2) is 9.55 Å². The molecule has 14 nitrogen and oxygen atoms in total. The summed E-state index contributed by atoms with van der Waals surface area (Å²) >= 11 is 0. The van der Waals surface area contributed by atoms with Crippen LogP contribution in [0.5, 0.6) is 5.75 Å². The van der Waals surface area contributed by atoms with Crippen molar-refractivity contribution in [1.29, 1.82) is 0 Å². The van der Waals surface area contributed by atoms with Crippen LogP contribution < -0.4 is 15.3 Å². The van der Waals surface area contributed by atoms with Crippen LogP contribution in [0.3, 0.4) is 0 Å². The number of carbonyl (C=O) groups excluding carboxylic acids is 1. The van der Waals surface area contributed by atoms with Gasteiger partial charge in [0, 0.05) is 6.42 Å². The number of para-hydroxylation sites is 1. The zero-order valence-corrected chi connectivity index (χ0v) is 26.2. The molecule has 1 aliphatic heterocycles. The fourth-order valence-corrected chi connectivity index (χ4v) is 6.39. The Morgan fingerprint density at radius 1 is 1.21 bits per heavy atom. The zero-order valence-electron chi connectivity index (χ0n) is 25.4. The number of imidazole rings is 1. The van der Waals surface area contributed by atoms with Crippen LogP contribution in [0.25, 0.3) is 11.2 Å². The SMILES string of the molecule is C#C[C@]1(CO[P@@](=O)(NC(Cc2ccccc2)C(=O)O)Oc2ccccc2)O[C@@H](n2cnc3c(N)nc(F)nc32)C[C@@H]1OC(=O)C(C)C. The molecule has 4 N–H and O–H groups in total. The highest BCUT2D eigenvalue weighted by Crippen LogP contribution is 2.48. The van der Waals surface area contributed by atoms with Gasteiger partial charge in [0.15, 0.2) is 22.6 Å². The van der Waals surface area contributed by atoms with Crippen LogP contribution in [-0.2, 0) is 34.6 Å². The lowest BCUT2D eigenvalue weighted by molar-refractivity contribution is -0.161. The Morgan fingerprint density at radius 2 is 1.89 bits per heavy atom. The van der Waals surface area contributed by atoms with Gasteiger partial charge in [-0.1, -0.05) is 68.3 Å². The molecule has 0 radical (unpaired) electrons. The van der Waals surface area contributed by atoms with Crippen LogP contribution in [0.1, 0.15) is 32.1 Å². The Labute approximate surface area is 269 Å². The standard InChI is InChI=1S/C31H32FN6O8P/c1-4-31(23(44-29(41)19(2)3)16-24(45-31)38-18-34-25-26(33)35-30(32)36-27(25)38)17-43-47(42,46-21-13-9-6-10-14-21)37-22(28(39)40)15-20-11-7-5-8-12-20/h1,5-14,18-19,22-24H,15-17H2,2-3H3,(H,37,42)(H,39,40)(H2,33,35,36)/t22?,23-,24+,31+,47-/m0/s1. The lowest BCUT2D eigenvalue weighted by Gasteiger charge is -2.31. The Balaban J connectivity index is 1.48. The van der Waals surface area contributed by atoms with Crippen LogP contribution in [0.15, 0.2) is 67.0 Å². The number of ether oxygens (including phenoxy) is 2. The fourth-order valence-electron chi connectivity index (χ4n) is 4.87. The first-order valence-corrected chi connectivity index (χ1v) is 16.0. The van der Waals surface area contributed by atoms with Crippen molar-refractivity contribution in [3.05, 3.63) is 78.6 Å². The molecule has 5 rings (SSSR count). The molecule has 1 aliphatic rings. The van der Waals surface area contributed by atoms with Crippen molar-refractivity contribution < 1.29 is 42.2 Å². The summed E-state index contributed by atoms with van der Waals surface area (Å²) in [6.07, 6.45) is 3.83. The number of hydrogen-bond donors (Lipinski definition) is 3. The largest absolute Gasteiger partial charge is 0.480 e. The van der Waals surface area contributed by atoms with E-state index in [0.29, 0.717) is 5.56 Å². The van der Waals surface area contributed by atoms with Crippen LogP contribution in [0.2, 0.25) is 0 Å². The van der Waals surface area contributed by atoms with E-state index >= 15 is 0 Å². The molecular formula is C31H32FN6O8P. The van der Waals surface area contributed by atoms with Gasteiger partial charge in [-0.15, -0.1) is 6.42 Å². The first-order chi connectivity index (χ1) is 22.4. The highest BCUT2D eigenvalue weighted by Gasteiger charge is 2.53. The summed E-state index contributed by atoms with van der Waals surface area (Å²) in [6, 6.07) is 15.3. The second-order valence-corrected chi connectivity index (χ2v) is 12.7. The van der Waals surface area contributed by atoms with Gasteiger partial charge in [0.05, 0.1) is 12.2 Å². The number of carboxylic acids is 1. The summed E-state index contributed by atoms with van der Waals surface area (Å²) in [5.41, 5.74) is 4.67. The minimum atomic E-state index is -4.56. The van der Waals surface area contributed by atoms with Gasteiger partial charge in [0.25, 0.3) is 0 Å². The number of aliphatic carboxylic acids is 1. The molecule has 1 unspecified atom stereocenters. The molecule has 3 heterocycles. The average Bonchev–Trinajstić information content (AvgIpc) is 3.62. The normalized spacial score (nSPS) is 21.2. The Morgan fingerprint density at radius 3 is 2.53 bits per heavy atom. The molecule has 47 heavy (non-hydrogen) atoms. The van der Waals surface area contributed by atoms with Crippen molar-refractivity contribution in [3.63, 3.8) is 0 Å². The predicted octanol–water partition coefficient (Wildman–Crippen LogP) is 3.90. The van der Waals surface area contributed by atoms with E-state index in [2.05, 4.69) is 26.0 Å². The Bertz CT molecular complexity index is 1840. The zero-order chi connectivity index (χ0) is 33.8. The van der Waals surface area contributed by atoms with Gasteiger partial charge >= 0.3 is 25.8 Å². The number of nitrogens with one attached hydrogen (secondary N) is 1. The van der Waals surface area contributed by atoms with Crippen molar-refractivity contribution in [2.45, 2.75) is 50.7 Å². The topological polar surface area (TPSA) is 190 Å². The van der Waals surface area contributed by atoms with E-state index in [-0.39, 0.29) is 35.6 Å². The molecule has 0 saturated carbocycles. The summed E-state index contributed by atoms with van der Waals surface area (Å²) in [6.45, 7) is 2.56. The third-order valence-corrected chi connectivity index (χ3v) is 8.85. The maximum Gasteiger partial charge on any atom is 0.459 e. The van der Waals surface area contributed by atoms with E-state index in [1.54, 1.807) is 62.4 Å². The number of hydrogen-bond acceptors (Lipinski definition) is 11. The second kappa shape index (κ2) is 13.9. The molecular weight excluding hydrogens is 634 g/mol. The molecule has 2 aromatic heterocycles. The number of carbonyl (C=O) groups is 2. The van der Waals surface area contributed by atoms with Crippen LogP contribution in [-0.4, -0.2) is 60.9 Å². The number of benzene rings is 2. The van der Waals surface area contributed by atoms with Crippen molar-refractivity contribution in [2.75, 3.05) is 12.3 Å². The average molecular weight is 667 g/mol. The molecule has 2 aromatic carbocycles. The molecule has 0 amide bonds. The van der Waals surface area contributed by atoms with Gasteiger partial charge in [-0.3, -0.25) is 18.7 Å². The third-order valence-electron chi connectivity index (χ3n) is 7.30. The maximum absolute atomic E-state index is 14.4. The molecule has 16 heteroatoms.